The average Bonchev–Trinajstić information content (AvgIpc) is 2.68. The predicted octanol–water partition coefficient (Wildman–Crippen LogP) is 3.40. The van der Waals surface area contributed by atoms with E-state index < -0.39 is 11.3 Å². The van der Waals surface area contributed by atoms with Crippen molar-refractivity contribution >= 4 is 28.4 Å². The molecule has 0 spiro atoms. The summed E-state index contributed by atoms with van der Waals surface area (Å²) in [5.41, 5.74) is 0.973. The highest BCUT2D eigenvalue weighted by atomic mass is 35.5. The van der Waals surface area contributed by atoms with Crippen LogP contribution in [0.2, 0.25) is 5.02 Å². The summed E-state index contributed by atoms with van der Waals surface area (Å²) in [6.07, 6.45) is 0. The Morgan fingerprint density at radius 1 is 1.19 bits per heavy atom. The molecule has 0 aliphatic carbocycles. The number of rotatable bonds is 6. The lowest BCUT2D eigenvalue weighted by atomic mass is 10.2. The Morgan fingerprint density at radius 3 is 2.59 bits per heavy atom. The largest absolute Gasteiger partial charge is 0.494 e. The molecule has 3 aromatic rings. The summed E-state index contributed by atoms with van der Waals surface area (Å²) in [5.74, 6) is 0.254. The fourth-order valence-electron chi connectivity index (χ4n) is 2.79. The zero-order chi connectivity index (χ0) is 19.4. The molecule has 3 rings (SSSR count). The van der Waals surface area contributed by atoms with Crippen LogP contribution in [0.15, 0.2) is 47.3 Å². The van der Waals surface area contributed by atoms with Crippen LogP contribution < -0.4 is 15.5 Å². The van der Waals surface area contributed by atoms with Gasteiger partial charge in [0.25, 0.3) is 5.91 Å². The first-order valence-electron chi connectivity index (χ1n) is 8.73. The number of fused-ring (bicyclic) bond motifs is 1. The van der Waals surface area contributed by atoms with Gasteiger partial charge in [-0.1, -0.05) is 23.7 Å². The summed E-state index contributed by atoms with van der Waals surface area (Å²) in [6.45, 7) is 5.22. The van der Waals surface area contributed by atoms with Crippen molar-refractivity contribution in [3.63, 3.8) is 0 Å². The fraction of sp³-hybridized carbons (Fsp3) is 0.250. The Kier molecular flexibility index (Phi) is 5.76. The minimum absolute atomic E-state index is 0.141. The molecule has 0 fully saturated rings. The third-order valence-corrected chi connectivity index (χ3v) is 4.35. The van der Waals surface area contributed by atoms with Crippen molar-refractivity contribution in [2.45, 2.75) is 26.9 Å². The van der Waals surface area contributed by atoms with Gasteiger partial charge < -0.3 is 10.1 Å². The number of carbonyl (C=O) groups is 1. The number of ether oxygens (including phenoxy) is 1. The highest BCUT2D eigenvalue weighted by Crippen LogP contribution is 2.17. The zero-order valence-electron chi connectivity index (χ0n) is 15.2. The maximum absolute atomic E-state index is 12.7. The molecule has 0 atom stereocenters. The smallest absolute Gasteiger partial charge is 0.276 e. The van der Waals surface area contributed by atoms with Gasteiger partial charge in [0.15, 0.2) is 5.69 Å². The quantitative estimate of drug-likeness (QED) is 0.705. The molecule has 0 bridgehead atoms. The molecule has 0 saturated carbocycles. The van der Waals surface area contributed by atoms with E-state index in [2.05, 4.69) is 10.4 Å². The molecular weight excluding hydrogens is 366 g/mol. The molecule has 7 heteroatoms. The number of benzene rings is 2. The maximum atomic E-state index is 12.7. The Labute approximate surface area is 161 Å². The summed E-state index contributed by atoms with van der Waals surface area (Å²) in [4.78, 5) is 25.3. The van der Waals surface area contributed by atoms with Gasteiger partial charge in [0.05, 0.1) is 17.5 Å². The number of amides is 1. The highest BCUT2D eigenvalue weighted by Gasteiger charge is 2.17. The van der Waals surface area contributed by atoms with E-state index in [9.17, 15) is 9.59 Å². The first-order chi connectivity index (χ1) is 13.0. The normalized spacial score (nSPS) is 10.8. The number of halogens is 1. The fourth-order valence-corrected chi connectivity index (χ4v) is 2.96. The van der Waals surface area contributed by atoms with Crippen LogP contribution in [0.3, 0.4) is 0 Å². The number of nitrogens with one attached hydrogen (secondary N) is 1. The van der Waals surface area contributed by atoms with Crippen LogP contribution in [0.1, 0.15) is 29.9 Å². The molecule has 0 radical (unpaired) electrons. The molecular formula is C20H20ClN3O3. The van der Waals surface area contributed by atoms with Gasteiger partial charge in [-0.25, -0.2) is 0 Å². The van der Waals surface area contributed by atoms with Crippen LogP contribution in [-0.2, 0) is 13.1 Å². The van der Waals surface area contributed by atoms with Gasteiger partial charge in [0.1, 0.15) is 5.75 Å². The van der Waals surface area contributed by atoms with Crippen LogP contribution >= 0.6 is 11.6 Å². The lowest BCUT2D eigenvalue weighted by Crippen LogP contribution is -2.31. The monoisotopic (exact) mass is 385 g/mol. The van der Waals surface area contributed by atoms with Crippen molar-refractivity contribution < 1.29 is 9.53 Å². The maximum Gasteiger partial charge on any atom is 0.276 e. The van der Waals surface area contributed by atoms with E-state index in [1.165, 1.54) is 0 Å². The highest BCUT2D eigenvalue weighted by molar-refractivity contribution is 6.31. The number of aryl methyl sites for hydroxylation is 1. The topological polar surface area (TPSA) is 73.2 Å². The summed E-state index contributed by atoms with van der Waals surface area (Å²) >= 11 is 6.02. The molecule has 6 nitrogen and oxygen atoms in total. The van der Waals surface area contributed by atoms with Crippen molar-refractivity contribution in [2.24, 2.45) is 0 Å². The summed E-state index contributed by atoms with van der Waals surface area (Å²) in [5, 5.41) is 7.80. The van der Waals surface area contributed by atoms with Crippen molar-refractivity contribution in [3.05, 3.63) is 69.0 Å². The molecule has 0 saturated heterocycles. The standard InChI is InChI=1S/C20H20ClN3O3/c1-3-24-17-10-7-14(21)11-16(17)19(25)18(23-24)20(26)22-12-13-5-8-15(9-6-13)27-4-2/h5-11H,3-4,12H2,1-2H3,(H,22,26). The first-order valence-corrected chi connectivity index (χ1v) is 9.11. The van der Waals surface area contributed by atoms with Gasteiger partial charge in [-0.15, -0.1) is 0 Å². The van der Waals surface area contributed by atoms with Gasteiger partial charge in [0, 0.05) is 18.1 Å². The lowest BCUT2D eigenvalue weighted by Gasteiger charge is -2.11. The van der Waals surface area contributed by atoms with E-state index in [1.807, 2.05) is 38.1 Å². The van der Waals surface area contributed by atoms with Crippen LogP contribution in [0.25, 0.3) is 10.9 Å². The molecule has 0 unspecified atom stereocenters. The SMILES string of the molecule is CCOc1ccc(CNC(=O)c2nn(CC)c3ccc(Cl)cc3c2=O)cc1. The summed E-state index contributed by atoms with van der Waals surface area (Å²) in [7, 11) is 0. The minimum atomic E-state index is -0.516. The second-order valence-corrected chi connectivity index (χ2v) is 6.35. The van der Waals surface area contributed by atoms with Crippen molar-refractivity contribution in [2.75, 3.05) is 6.61 Å². The Balaban J connectivity index is 1.85. The Morgan fingerprint density at radius 2 is 1.93 bits per heavy atom. The Bertz CT molecular complexity index is 1030. The molecule has 27 heavy (non-hydrogen) atoms. The molecule has 2 aromatic carbocycles. The van der Waals surface area contributed by atoms with E-state index in [-0.39, 0.29) is 12.2 Å². The zero-order valence-corrected chi connectivity index (χ0v) is 15.9. The minimum Gasteiger partial charge on any atom is -0.494 e. The summed E-state index contributed by atoms with van der Waals surface area (Å²) in [6, 6.07) is 12.4. The van der Waals surface area contributed by atoms with Crippen LogP contribution in [0.5, 0.6) is 5.75 Å². The van der Waals surface area contributed by atoms with Crippen molar-refractivity contribution in [1.29, 1.82) is 0 Å². The molecule has 140 valence electrons. The number of hydrogen-bond donors (Lipinski definition) is 1. The Hall–Kier alpha value is -2.86. The second-order valence-electron chi connectivity index (χ2n) is 5.91. The van der Waals surface area contributed by atoms with E-state index in [0.717, 1.165) is 11.3 Å². The number of hydrogen-bond acceptors (Lipinski definition) is 4. The average molecular weight is 386 g/mol. The van der Waals surface area contributed by atoms with Gasteiger partial charge in [-0.2, -0.15) is 5.10 Å². The molecule has 0 aliphatic heterocycles. The van der Waals surface area contributed by atoms with Gasteiger partial charge in [-0.3, -0.25) is 14.3 Å². The van der Waals surface area contributed by atoms with Crippen LogP contribution in [-0.4, -0.2) is 22.3 Å². The number of carbonyl (C=O) groups excluding carboxylic acids is 1. The second kappa shape index (κ2) is 8.22. The van der Waals surface area contributed by atoms with E-state index in [4.69, 9.17) is 16.3 Å². The van der Waals surface area contributed by atoms with Gasteiger partial charge in [0.2, 0.25) is 5.43 Å². The number of nitrogens with zero attached hydrogens (tertiary/aromatic N) is 2. The molecule has 1 aromatic heterocycles. The molecule has 1 N–H and O–H groups in total. The first kappa shape index (κ1) is 18.9. The van der Waals surface area contributed by atoms with Gasteiger partial charge in [-0.05, 0) is 49.7 Å². The van der Waals surface area contributed by atoms with Crippen molar-refractivity contribution in [3.8, 4) is 5.75 Å². The van der Waals surface area contributed by atoms with Gasteiger partial charge >= 0.3 is 0 Å². The molecule has 0 aliphatic rings. The van der Waals surface area contributed by atoms with E-state index in [0.29, 0.717) is 29.1 Å². The van der Waals surface area contributed by atoms with Crippen LogP contribution in [0, 0.1) is 0 Å². The van der Waals surface area contributed by atoms with E-state index in [1.54, 1.807) is 22.9 Å². The number of aromatic nitrogens is 2. The third kappa shape index (κ3) is 4.11. The van der Waals surface area contributed by atoms with Crippen molar-refractivity contribution in [1.82, 2.24) is 15.1 Å². The predicted molar refractivity (Wildman–Crippen MR) is 105 cm³/mol. The van der Waals surface area contributed by atoms with Crippen LogP contribution in [0.4, 0.5) is 0 Å². The third-order valence-electron chi connectivity index (χ3n) is 4.12. The molecule has 1 heterocycles. The lowest BCUT2D eigenvalue weighted by molar-refractivity contribution is 0.0943. The molecule has 1 amide bonds. The van der Waals surface area contributed by atoms with E-state index >= 15 is 0 Å². The summed E-state index contributed by atoms with van der Waals surface area (Å²) < 4.78 is 7.02.